The third-order valence-corrected chi connectivity index (χ3v) is 8.27. The number of amides is 2. The summed E-state index contributed by atoms with van der Waals surface area (Å²) in [6, 6.07) is 5.14. The van der Waals surface area contributed by atoms with Gasteiger partial charge in [0.25, 0.3) is 0 Å². The summed E-state index contributed by atoms with van der Waals surface area (Å²) in [5.74, 6) is 0.744. The molecule has 1 fully saturated rings. The summed E-state index contributed by atoms with van der Waals surface area (Å²) in [7, 11) is 1.64. The third kappa shape index (κ3) is 5.35. The zero-order valence-electron chi connectivity index (χ0n) is 22.0. The van der Waals surface area contributed by atoms with Gasteiger partial charge in [-0.25, -0.2) is 4.99 Å². The Morgan fingerprint density at radius 2 is 2.08 bits per heavy atom. The van der Waals surface area contributed by atoms with Gasteiger partial charge >= 0.3 is 0 Å². The molecule has 4 atom stereocenters. The molecular formula is C27H39ClN4O4. The van der Waals surface area contributed by atoms with E-state index in [-0.39, 0.29) is 41.7 Å². The number of ether oxygens (including phenoxy) is 2. The molecule has 2 heterocycles. The van der Waals surface area contributed by atoms with Gasteiger partial charge in [0.2, 0.25) is 11.8 Å². The lowest BCUT2D eigenvalue weighted by molar-refractivity contribution is -0.133. The Morgan fingerprint density at radius 1 is 1.36 bits per heavy atom. The van der Waals surface area contributed by atoms with Crippen LogP contribution in [-0.2, 0) is 14.3 Å². The van der Waals surface area contributed by atoms with Gasteiger partial charge < -0.3 is 20.5 Å². The molecule has 0 saturated heterocycles. The molecule has 0 radical (unpaired) electrons. The van der Waals surface area contributed by atoms with Crippen molar-refractivity contribution in [1.29, 1.82) is 0 Å². The molecule has 9 heteroatoms. The maximum Gasteiger partial charge on any atom is 0.231 e. The Labute approximate surface area is 218 Å². The van der Waals surface area contributed by atoms with Crippen LogP contribution in [0.5, 0.6) is 5.75 Å². The number of benzene rings is 1. The molecule has 2 unspecified atom stereocenters. The number of hydrogen-bond acceptors (Lipinski definition) is 6. The molecule has 1 aliphatic carbocycles. The minimum Gasteiger partial charge on any atom is -0.487 e. The van der Waals surface area contributed by atoms with Crippen molar-refractivity contribution in [3.8, 4) is 5.75 Å². The fraction of sp³-hybridized carbons (Fsp3) is 0.667. The molecule has 0 aromatic heterocycles. The molecule has 4 rings (SSSR count). The number of guanidine groups is 1. The summed E-state index contributed by atoms with van der Waals surface area (Å²) < 4.78 is 11.4. The fourth-order valence-corrected chi connectivity index (χ4v) is 5.95. The number of hydrogen-bond donors (Lipinski definition) is 2. The monoisotopic (exact) mass is 518 g/mol. The maximum atomic E-state index is 13.4. The highest BCUT2D eigenvalue weighted by atomic mass is 35.5. The Morgan fingerprint density at radius 3 is 2.72 bits per heavy atom. The molecule has 198 valence electrons. The largest absolute Gasteiger partial charge is 0.487 e. The minimum absolute atomic E-state index is 0.00569. The second-order valence-corrected chi connectivity index (χ2v) is 11.4. The number of rotatable bonds is 9. The lowest BCUT2D eigenvalue weighted by atomic mass is 9.87. The zero-order chi connectivity index (χ0) is 26.3. The number of fused-ring (bicyclic) bond motifs is 1. The Balaban J connectivity index is 1.51. The quantitative estimate of drug-likeness (QED) is 0.509. The topological polar surface area (TPSA) is 106 Å². The highest BCUT2D eigenvalue weighted by Gasteiger charge is 2.53. The van der Waals surface area contributed by atoms with Gasteiger partial charge in [-0.15, -0.1) is 0 Å². The van der Waals surface area contributed by atoms with Gasteiger partial charge in [0.1, 0.15) is 11.4 Å². The van der Waals surface area contributed by atoms with E-state index in [0.29, 0.717) is 43.1 Å². The van der Waals surface area contributed by atoms with E-state index in [4.69, 9.17) is 31.8 Å². The first-order valence-corrected chi connectivity index (χ1v) is 13.4. The van der Waals surface area contributed by atoms with Crippen LogP contribution in [0.3, 0.4) is 0 Å². The number of halogens is 1. The van der Waals surface area contributed by atoms with Crippen LogP contribution in [0.4, 0.5) is 0 Å². The van der Waals surface area contributed by atoms with Gasteiger partial charge in [0, 0.05) is 42.7 Å². The standard InChI is InChI=1S/C27H39ClN4O4/c1-6-27(7-2)15-23(33)32(25(29)31-27)21(10-11-35-5)18-13-19(18)24(34)30-20-14-26(3,4)36-22-12-16(28)8-9-17(20)22/h8-9,12,18-21H,6-7,10-11,13-15H2,1-5H3,(H2,29,31)(H,30,34)/t18-,19-,20?,21?/m1/s1. The van der Waals surface area contributed by atoms with Crippen LogP contribution in [0.25, 0.3) is 0 Å². The van der Waals surface area contributed by atoms with Crippen molar-refractivity contribution in [3.63, 3.8) is 0 Å². The van der Waals surface area contributed by atoms with E-state index in [2.05, 4.69) is 5.32 Å². The molecule has 1 aromatic carbocycles. The van der Waals surface area contributed by atoms with Crippen LogP contribution in [0.1, 0.15) is 77.8 Å². The first-order chi connectivity index (χ1) is 17.0. The normalized spacial score (nSPS) is 26.9. The van der Waals surface area contributed by atoms with E-state index in [1.54, 1.807) is 18.1 Å². The Hall–Kier alpha value is -2.32. The number of aliphatic imine (C=N–C) groups is 1. The molecule has 2 aliphatic heterocycles. The Bertz CT molecular complexity index is 1040. The predicted molar refractivity (Wildman–Crippen MR) is 140 cm³/mol. The molecule has 0 spiro atoms. The van der Waals surface area contributed by atoms with Crippen LogP contribution in [0.15, 0.2) is 23.2 Å². The second-order valence-electron chi connectivity index (χ2n) is 11.0. The number of methoxy groups -OCH3 is 1. The highest BCUT2D eigenvalue weighted by Crippen LogP contribution is 2.47. The lowest BCUT2D eigenvalue weighted by Crippen LogP contribution is -2.56. The van der Waals surface area contributed by atoms with Gasteiger partial charge in [0.15, 0.2) is 5.96 Å². The summed E-state index contributed by atoms with van der Waals surface area (Å²) in [6.45, 7) is 8.57. The van der Waals surface area contributed by atoms with E-state index >= 15 is 0 Å². The summed E-state index contributed by atoms with van der Waals surface area (Å²) in [5.41, 5.74) is 6.45. The van der Waals surface area contributed by atoms with E-state index in [0.717, 1.165) is 18.4 Å². The van der Waals surface area contributed by atoms with Crippen LogP contribution in [-0.4, -0.2) is 53.6 Å². The number of carbonyl (C=O) groups is 2. The van der Waals surface area contributed by atoms with Crippen molar-refractivity contribution >= 4 is 29.4 Å². The molecule has 1 aromatic rings. The summed E-state index contributed by atoms with van der Waals surface area (Å²) in [4.78, 5) is 33.1. The van der Waals surface area contributed by atoms with Gasteiger partial charge in [-0.1, -0.05) is 31.5 Å². The van der Waals surface area contributed by atoms with E-state index in [9.17, 15) is 9.59 Å². The van der Waals surface area contributed by atoms with Crippen LogP contribution < -0.4 is 15.8 Å². The molecule has 0 bridgehead atoms. The van der Waals surface area contributed by atoms with Crippen molar-refractivity contribution in [2.75, 3.05) is 13.7 Å². The molecule has 8 nitrogen and oxygen atoms in total. The van der Waals surface area contributed by atoms with Crippen molar-refractivity contribution in [2.24, 2.45) is 22.6 Å². The zero-order valence-corrected chi connectivity index (χ0v) is 22.7. The van der Waals surface area contributed by atoms with Crippen molar-refractivity contribution < 1.29 is 19.1 Å². The predicted octanol–water partition coefficient (Wildman–Crippen LogP) is 4.21. The highest BCUT2D eigenvalue weighted by molar-refractivity contribution is 6.30. The van der Waals surface area contributed by atoms with Crippen LogP contribution in [0.2, 0.25) is 5.02 Å². The minimum atomic E-state index is -0.435. The van der Waals surface area contributed by atoms with Gasteiger partial charge in [-0.05, 0) is 57.6 Å². The summed E-state index contributed by atoms with van der Waals surface area (Å²) >= 11 is 6.18. The lowest BCUT2D eigenvalue weighted by Gasteiger charge is -2.40. The maximum absolute atomic E-state index is 13.4. The average molecular weight is 519 g/mol. The first-order valence-electron chi connectivity index (χ1n) is 13.0. The van der Waals surface area contributed by atoms with Crippen molar-refractivity contribution in [3.05, 3.63) is 28.8 Å². The van der Waals surface area contributed by atoms with Gasteiger partial charge in [-0.2, -0.15) is 0 Å². The SMILES string of the molecule is CCC1(CC)CC(=O)N(C(CCOC)[C@@H]2C[C@H]2C(=O)NC2CC(C)(C)Oc3cc(Cl)ccc32)C(N)=N1. The number of carbonyl (C=O) groups excluding carboxylic acids is 2. The van der Waals surface area contributed by atoms with E-state index in [1.165, 1.54) is 0 Å². The molecule has 36 heavy (non-hydrogen) atoms. The van der Waals surface area contributed by atoms with Crippen molar-refractivity contribution in [1.82, 2.24) is 10.2 Å². The van der Waals surface area contributed by atoms with Crippen LogP contribution >= 0.6 is 11.6 Å². The second kappa shape index (κ2) is 10.2. The van der Waals surface area contributed by atoms with E-state index in [1.807, 2.05) is 39.8 Å². The smallest absolute Gasteiger partial charge is 0.231 e. The van der Waals surface area contributed by atoms with Gasteiger partial charge in [-0.3, -0.25) is 14.5 Å². The number of nitrogens with two attached hydrogens (primary N) is 1. The summed E-state index contributed by atoms with van der Waals surface area (Å²) in [5, 5.41) is 3.85. The molecular weight excluding hydrogens is 480 g/mol. The fourth-order valence-electron chi connectivity index (χ4n) is 5.79. The molecule has 1 saturated carbocycles. The summed E-state index contributed by atoms with van der Waals surface area (Å²) in [6.07, 6.45) is 3.81. The first kappa shape index (κ1) is 26.7. The van der Waals surface area contributed by atoms with E-state index < -0.39 is 11.1 Å². The Kier molecular flexibility index (Phi) is 7.58. The third-order valence-electron chi connectivity index (χ3n) is 8.03. The number of nitrogens with zero attached hydrogens (tertiary/aromatic N) is 2. The average Bonchev–Trinajstić information content (AvgIpc) is 3.60. The molecule has 3 N–H and O–H groups in total. The molecule has 3 aliphatic rings. The van der Waals surface area contributed by atoms with Gasteiger partial charge in [0.05, 0.1) is 18.0 Å². The molecule has 2 amide bonds. The van der Waals surface area contributed by atoms with Crippen molar-refractivity contribution in [2.45, 2.75) is 89.4 Å². The van der Waals surface area contributed by atoms with Crippen LogP contribution in [0, 0.1) is 11.8 Å². The number of nitrogens with one attached hydrogen (secondary N) is 1.